The summed E-state index contributed by atoms with van der Waals surface area (Å²) in [6.45, 7) is 0.836. The Morgan fingerprint density at radius 3 is 2.60 bits per heavy atom. The number of methoxy groups -OCH3 is 1. The van der Waals surface area contributed by atoms with Crippen LogP contribution in [0.4, 0.5) is 20.4 Å². The quantitative estimate of drug-likeness (QED) is 0.733. The summed E-state index contributed by atoms with van der Waals surface area (Å²) >= 11 is 0. The minimum absolute atomic E-state index is 0.0105. The van der Waals surface area contributed by atoms with Crippen molar-refractivity contribution >= 4 is 11.6 Å². The van der Waals surface area contributed by atoms with Gasteiger partial charge in [-0.1, -0.05) is 0 Å². The second-order valence-electron chi connectivity index (χ2n) is 2.82. The summed E-state index contributed by atoms with van der Waals surface area (Å²) in [7, 11) is 3.05. The topological polar surface area (TPSA) is 46.2 Å². The fraction of sp³-hybridized carbons (Fsp3) is 0.444. The van der Waals surface area contributed by atoms with Gasteiger partial charge < -0.3 is 15.4 Å². The van der Waals surface area contributed by atoms with Crippen LogP contribution in [0.15, 0.2) is 6.07 Å². The standard InChI is InChI=1S/C9H13F2N3O/c1-12-8-6(10)5-7(11)9(14-8)13-3-4-15-2/h5H,3-4H2,1-2H3,(H2,12,13,14). The van der Waals surface area contributed by atoms with Gasteiger partial charge in [0, 0.05) is 26.8 Å². The maximum Gasteiger partial charge on any atom is 0.168 e. The van der Waals surface area contributed by atoms with Gasteiger partial charge in [-0.2, -0.15) is 0 Å². The number of halogens is 2. The summed E-state index contributed by atoms with van der Waals surface area (Å²) in [5.74, 6) is -1.41. The molecule has 1 aromatic rings. The molecule has 15 heavy (non-hydrogen) atoms. The predicted molar refractivity (Wildman–Crippen MR) is 54.1 cm³/mol. The molecule has 0 aliphatic rings. The molecule has 84 valence electrons. The molecular weight excluding hydrogens is 204 g/mol. The minimum Gasteiger partial charge on any atom is -0.383 e. The summed E-state index contributed by atoms with van der Waals surface area (Å²) < 4.78 is 30.9. The summed E-state index contributed by atoms with van der Waals surface area (Å²) in [6.07, 6.45) is 0. The van der Waals surface area contributed by atoms with E-state index in [1.54, 1.807) is 0 Å². The fourth-order valence-corrected chi connectivity index (χ4v) is 1.04. The van der Waals surface area contributed by atoms with Gasteiger partial charge >= 0.3 is 0 Å². The Morgan fingerprint density at radius 1 is 1.33 bits per heavy atom. The largest absolute Gasteiger partial charge is 0.383 e. The van der Waals surface area contributed by atoms with Crippen molar-refractivity contribution in [1.29, 1.82) is 0 Å². The Hall–Kier alpha value is -1.43. The van der Waals surface area contributed by atoms with Crippen LogP contribution in [-0.2, 0) is 4.74 Å². The van der Waals surface area contributed by atoms with Crippen molar-refractivity contribution in [3.8, 4) is 0 Å². The molecule has 0 saturated carbocycles. The molecule has 1 rings (SSSR count). The third-order valence-electron chi connectivity index (χ3n) is 1.76. The van der Waals surface area contributed by atoms with E-state index in [1.165, 1.54) is 14.2 Å². The second kappa shape index (κ2) is 5.45. The number of hydrogen-bond donors (Lipinski definition) is 2. The van der Waals surface area contributed by atoms with Crippen LogP contribution in [0.3, 0.4) is 0 Å². The molecule has 0 amide bonds. The lowest BCUT2D eigenvalue weighted by Gasteiger charge is -2.08. The Morgan fingerprint density at radius 2 is 2.00 bits per heavy atom. The minimum atomic E-state index is -0.720. The van der Waals surface area contributed by atoms with Gasteiger partial charge in [-0.3, -0.25) is 0 Å². The average molecular weight is 217 g/mol. The van der Waals surface area contributed by atoms with Crippen LogP contribution in [0.2, 0.25) is 0 Å². The van der Waals surface area contributed by atoms with E-state index in [-0.39, 0.29) is 11.6 Å². The Balaban J connectivity index is 2.78. The fourth-order valence-electron chi connectivity index (χ4n) is 1.04. The van der Waals surface area contributed by atoms with E-state index in [0.29, 0.717) is 13.2 Å². The number of rotatable bonds is 5. The lowest BCUT2D eigenvalue weighted by Crippen LogP contribution is -2.11. The number of anilines is 2. The van der Waals surface area contributed by atoms with Crippen molar-refractivity contribution in [2.45, 2.75) is 0 Å². The lowest BCUT2D eigenvalue weighted by molar-refractivity contribution is 0.210. The molecular formula is C9H13F2N3O. The van der Waals surface area contributed by atoms with Gasteiger partial charge in [0.2, 0.25) is 0 Å². The van der Waals surface area contributed by atoms with Crippen molar-refractivity contribution in [2.24, 2.45) is 0 Å². The van der Waals surface area contributed by atoms with Gasteiger partial charge in [0.1, 0.15) is 0 Å². The predicted octanol–water partition coefficient (Wildman–Crippen LogP) is 1.46. The van der Waals surface area contributed by atoms with Crippen LogP contribution in [0.1, 0.15) is 0 Å². The Kier molecular flexibility index (Phi) is 4.23. The molecule has 0 spiro atoms. The van der Waals surface area contributed by atoms with E-state index in [0.717, 1.165) is 6.07 Å². The normalized spacial score (nSPS) is 10.1. The zero-order valence-corrected chi connectivity index (χ0v) is 8.60. The van der Waals surface area contributed by atoms with Gasteiger partial charge in [-0.05, 0) is 0 Å². The zero-order chi connectivity index (χ0) is 11.3. The third kappa shape index (κ3) is 3.02. The zero-order valence-electron chi connectivity index (χ0n) is 8.60. The molecule has 2 N–H and O–H groups in total. The molecule has 0 radical (unpaired) electrons. The number of nitrogens with one attached hydrogen (secondary N) is 2. The molecule has 0 aliphatic carbocycles. The Bertz CT molecular complexity index is 333. The smallest absolute Gasteiger partial charge is 0.168 e. The lowest BCUT2D eigenvalue weighted by atomic mass is 10.4. The first-order chi connectivity index (χ1) is 7.19. The highest BCUT2D eigenvalue weighted by Crippen LogP contribution is 2.18. The maximum absolute atomic E-state index is 13.2. The van der Waals surface area contributed by atoms with Crippen LogP contribution >= 0.6 is 0 Å². The van der Waals surface area contributed by atoms with Crippen molar-refractivity contribution in [3.05, 3.63) is 17.7 Å². The maximum atomic E-state index is 13.2. The average Bonchev–Trinajstić information content (AvgIpc) is 2.21. The SMILES string of the molecule is CNc1nc(NCCOC)c(F)cc1F. The molecule has 4 nitrogen and oxygen atoms in total. The van der Waals surface area contributed by atoms with Crippen LogP contribution in [0, 0.1) is 11.6 Å². The number of pyridine rings is 1. The van der Waals surface area contributed by atoms with E-state index in [9.17, 15) is 8.78 Å². The van der Waals surface area contributed by atoms with Crippen molar-refractivity contribution in [3.63, 3.8) is 0 Å². The number of aromatic nitrogens is 1. The van der Waals surface area contributed by atoms with Gasteiger partial charge in [0.05, 0.1) is 6.61 Å². The number of ether oxygens (including phenoxy) is 1. The van der Waals surface area contributed by atoms with Gasteiger partial charge in [-0.15, -0.1) is 0 Å². The molecule has 1 heterocycles. The van der Waals surface area contributed by atoms with Crippen LogP contribution in [0.5, 0.6) is 0 Å². The van der Waals surface area contributed by atoms with Crippen LogP contribution in [-0.4, -0.2) is 32.3 Å². The van der Waals surface area contributed by atoms with Gasteiger partial charge in [0.25, 0.3) is 0 Å². The molecule has 0 unspecified atom stereocenters. The monoisotopic (exact) mass is 217 g/mol. The first kappa shape index (κ1) is 11.6. The van der Waals surface area contributed by atoms with E-state index in [2.05, 4.69) is 15.6 Å². The second-order valence-corrected chi connectivity index (χ2v) is 2.82. The van der Waals surface area contributed by atoms with E-state index < -0.39 is 11.6 Å². The van der Waals surface area contributed by atoms with Crippen molar-refractivity contribution in [1.82, 2.24) is 4.98 Å². The summed E-state index contributed by atoms with van der Waals surface area (Å²) in [4.78, 5) is 3.73. The molecule has 0 aliphatic heterocycles. The summed E-state index contributed by atoms with van der Waals surface area (Å²) in [5.41, 5.74) is 0. The highest BCUT2D eigenvalue weighted by atomic mass is 19.1. The van der Waals surface area contributed by atoms with Crippen molar-refractivity contribution < 1.29 is 13.5 Å². The number of nitrogens with zero attached hydrogens (tertiary/aromatic N) is 1. The number of hydrogen-bond acceptors (Lipinski definition) is 4. The highest BCUT2D eigenvalue weighted by Gasteiger charge is 2.09. The first-order valence-electron chi connectivity index (χ1n) is 4.45. The summed E-state index contributed by atoms with van der Waals surface area (Å²) in [6, 6.07) is 0.786. The molecule has 0 aromatic carbocycles. The van der Waals surface area contributed by atoms with Crippen LogP contribution in [0.25, 0.3) is 0 Å². The highest BCUT2D eigenvalue weighted by molar-refractivity contribution is 5.47. The third-order valence-corrected chi connectivity index (χ3v) is 1.76. The molecule has 0 atom stereocenters. The molecule has 0 bridgehead atoms. The molecule has 0 saturated heterocycles. The molecule has 0 fully saturated rings. The first-order valence-corrected chi connectivity index (χ1v) is 4.45. The van der Waals surface area contributed by atoms with Crippen molar-refractivity contribution in [2.75, 3.05) is 37.9 Å². The summed E-state index contributed by atoms with van der Waals surface area (Å²) in [5, 5.41) is 5.23. The Labute approximate surface area is 86.7 Å². The van der Waals surface area contributed by atoms with Gasteiger partial charge in [-0.25, -0.2) is 13.8 Å². The van der Waals surface area contributed by atoms with E-state index in [1.807, 2.05) is 0 Å². The van der Waals surface area contributed by atoms with Crippen LogP contribution < -0.4 is 10.6 Å². The molecule has 1 aromatic heterocycles. The van der Waals surface area contributed by atoms with Gasteiger partial charge in [0.15, 0.2) is 23.3 Å². The van der Waals surface area contributed by atoms with E-state index in [4.69, 9.17) is 4.74 Å². The van der Waals surface area contributed by atoms with E-state index >= 15 is 0 Å². The molecule has 6 heteroatoms.